The summed E-state index contributed by atoms with van der Waals surface area (Å²) >= 11 is 0. The highest BCUT2D eigenvalue weighted by molar-refractivity contribution is 7.89. The quantitative estimate of drug-likeness (QED) is 0.689. The fraction of sp³-hybridized carbons (Fsp3) is 0.364. The van der Waals surface area contributed by atoms with Crippen molar-refractivity contribution in [3.63, 3.8) is 0 Å². The smallest absolute Gasteiger partial charge is 0.244 e. The van der Waals surface area contributed by atoms with Crippen molar-refractivity contribution in [2.45, 2.75) is 18.2 Å². The highest BCUT2D eigenvalue weighted by Gasteiger charge is 2.18. The van der Waals surface area contributed by atoms with Gasteiger partial charge in [-0.1, -0.05) is 19.1 Å². The number of phenolic OH excluding ortho intramolecular Hbond substituents is 1. The van der Waals surface area contributed by atoms with Crippen LogP contribution in [-0.4, -0.2) is 32.5 Å². The highest BCUT2D eigenvalue weighted by atomic mass is 32.2. The molecule has 18 heavy (non-hydrogen) atoms. The van der Waals surface area contributed by atoms with Crippen LogP contribution in [-0.2, 0) is 14.8 Å². The van der Waals surface area contributed by atoms with Gasteiger partial charge in [0.2, 0.25) is 15.9 Å². The van der Waals surface area contributed by atoms with Gasteiger partial charge in [-0.05, 0) is 18.6 Å². The Labute approximate surface area is 106 Å². The van der Waals surface area contributed by atoms with Crippen molar-refractivity contribution < 1.29 is 18.3 Å². The lowest BCUT2D eigenvalue weighted by atomic mass is 10.3. The van der Waals surface area contributed by atoms with Crippen LogP contribution in [0, 0.1) is 0 Å². The molecule has 0 aromatic heterocycles. The minimum absolute atomic E-state index is 0.242. The van der Waals surface area contributed by atoms with Crippen LogP contribution in [0.1, 0.15) is 13.3 Å². The summed E-state index contributed by atoms with van der Waals surface area (Å²) in [6.07, 6.45) is 0.776. The largest absolute Gasteiger partial charge is 0.507 e. The van der Waals surface area contributed by atoms with Crippen LogP contribution in [0.2, 0.25) is 0 Å². The molecule has 0 unspecified atom stereocenters. The summed E-state index contributed by atoms with van der Waals surface area (Å²) in [7, 11) is -3.87. The number of sulfonamides is 1. The maximum atomic E-state index is 11.8. The second-order valence-corrected chi connectivity index (χ2v) is 5.38. The highest BCUT2D eigenvalue weighted by Crippen LogP contribution is 2.20. The minimum atomic E-state index is -3.87. The molecule has 0 bridgehead atoms. The van der Waals surface area contributed by atoms with Crippen LogP contribution < -0.4 is 10.0 Å². The Balaban J connectivity index is 2.67. The monoisotopic (exact) mass is 272 g/mol. The number of hydrogen-bond acceptors (Lipinski definition) is 4. The first-order valence-corrected chi connectivity index (χ1v) is 7.00. The predicted octanol–water partition coefficient (Wildman–Crippen LogP) is 0.197. The average molecular weight is 272 g/mol. The summed E-state index contributed by atoms with van der Waals surface area (Å²) < 4.78 is 25.7. The van der Waals surface area contributed by atoms with E-state index in [4.69, 9.17) is 0 Å². The van der Waals surface area contributed by atoms with Gasteiger partial charge in [0.25, 0.3) is 0 Å². The summed E-state index contributed by atoms with van der Waals surface area (Å²) in [5, 5.41) is 12.0. The zero-order valence-corrected chi connectivity index (χ0v) is 10.8. The van der Waals surface area contributed by atoms with Crippen LogP contribution in [0.3, 0.4) is 0 Å². The van der Waals surface area contributed by atoms with Gasteiger partial charge >= 0.3 is 0 Å². The van der Waals surface area contributed by atoms with Crippen LogP contribution in [0.5, 0.6) is 5.75 Å². The van der Waals surface area contributed by atoms with Crippen molar-refractivity contribution in [3.8, 4) is 5.75 Å². The van der Waals surface area contributed by atoms with E-state index in [0.29, 0.717) is 6.54 Å². The van der Waals surface area contributed by atoms with Crippen molar-refractivity contribution in [2.75, 3.05) is 13.1 Å². The first-order chi connectivity index (χ1) is 8.47. The number of nitrogens with one attached hydrogen (secondary N) is 2. The van der Waals surface area contributed by atoms with Gasteiger partial charge in [-0.3, -0.25) is 4.79 Å². The fourth-order valence-corrected chi connectivity index (χ4v) is 2.33. The molecule has 0 aliphatic rings. The summed E-state index contributed by atoms with van der Waals surface area (Å²) in [5.74, 6) is -0.755. The van der Waals surface area contributed by atoms with Gasteiger partial charge in [-0.2, -0.15) is 0 Å². The van der Waals surface area contributed by atoms with E-state index in [1.165, 1.54) is 24.3 Å². The Morgan fingerprint density at radius 2 is 2.00 bits per heavy atom. The minimum Gasteiger partial charge on any atom is -0.507 e. The average Bonchev–Trinajstić information content (AvgIpc) is 2.34. The number of benzene rings is 1. The van der Waals surface area contributed by atoms with Crippen molar-refractivity contribution in [2.24, 2.45) is 0 Å². The van der Waals surface area contributed by atoms with E-state index in [1.54, 1.807) is 0 Å². The van der Waals surface area contributed by atoms with E-state index >= 15 is 0 Å². The van der Waals surface area contributed by atoms with Crippen molar-refractivity contribution >= 4 is 15.9 Å². The number of hydrogen-bond donors (Lipinski definition) is 3. The lowest BCUT2D eigenvalue weighted by molar-refractivity contribution is -0.119. The van der Waals surface area contributed by atoms with Crippen molar-refractivity contribution in [1.29, 1.82) is 0 Å². The molecule has 0 heterocycles. The van der Waals surface area contributed by atoms with E-state index in [9.17, 15) is 18.3 Å². The number of phenols is 1. The summed E-state index contributed by atoms with van der Waals surface area (Å²) in [6.45, 7) is 2.04. The van der Waals surface area contributed by atoms with Gasteiger partial charge < -0.3 is 10.4 Å². The molecule has 6 nitrogen and oxygen atoms in total. The van der Waals surface area contributed by atoms with E-state index in [-0.39, 0.29) is 17.2 Å². The molecule has 0 saturated heterocycles. The van der Waals surface area contributed by atoms with Crippen LogP contribution in [0.25, 0.3) is 0 Å². The molecular weight excluding hydrogens is 256 g/mol. The molecule has 0 atom stereocenters. The number of para-hydroxylation sites is 1. The Bertz CT molecular complexity index is 514. The molecule has 0 aliphatic carbocycles. The molecule has 0 radical (unpaired) electrons. The summed E-state index contributed by atoms with van der Waals surface area (Å²) in [4.78, 5) is 11.0. The molecule has 7 heteroatoms. The number of rotatable bonds is 6. The Morgan fingerprint density at radius 3 is 2.61 bits per heavy atom. The zero-order valence-electron chi connectivity index (χ0n) is 10.0. The molecule has 0 fully saturated rings. The third kappa shape index (κ3) is 4.01. The van der Waals surface area contributed by atoms with E-state index < -0.39 is 15.9 Å². The standard InChI is InChI=1S/C11H16N2O4S/c1-2-7-12-11(15)8-13-18(16,17)10-6-4-3-5-9(10)14/h3-6,13-14H,2,7-8H2,1H3,(H,12,15). The summed E-state index contributed by atoms with van der Waals surface area (Å²) in [6, 6.07) is 5.54. The maximum Gasteiger partial charge on any atom is 0.244 e. The van der Waals surface area contributed by atoms with Gasteiger partial charge in [-0.15, -0.1) is 0 Å². The van der Waals surface area contributed by atoms with E-state index in [0.717, 1.165) is 6.42 Å². The number of carbonyl (C=O) groups is 1. The molecule has 1 rings (SSSR count). The predicted molar refractivity (Wildman–Crippen MR) is 66.6 cm³/mol. The molecular formula is C11H16N2O4S. The lowest BCUT2D eigenvalue weighted by Crippen LogP contribution is -2.37. The molecule has 0 saturated carbocycles. The van der Waals surface area contributed by atoms with Crippen LogP contribution in [0.4, 0.5) is 0 Å². The first-order valence-electron chi connectivity index (χ1n) is 5.51. The summed E-state index contributed by atoms with van der Waals surface area (Å²) in [5.41, 5.74) is 0. The Kier molecular flexibility index (Phi) is 5.11. The van der Waals surface area contributed by atoms with Crippen LogP contribution in [0.15, 0.2) is 29.2 Å². The molecule has 0 spiro atoms. The second kappa shape index (κ2) is 6.36. The second-order valence-electron chi connectivity index (χ2n) is 3.64. The number of carbonyl (C=O) groups excluding carboxylic acids is 1. The van der Waals surface area contributed by atoms with Gasteiger partial charge in [0.05, 0.1) is 6.54 Å². The molecule has 1 aromatic carbocycles. The topological polar surface area (TPSA) is 95.5 Å². The third-order valence-corrected chi connectivity index (χ3v) is 3.60. The zero-order chi connectivity index (χ0) is 13.6. The van der Waals surface area contributed by atoms with Crippen LogP contribution >= 0.6 is 0 Å². The van der Waals surface area contributed by atoms with E-state index in [2.05, 4.69) is 10.0 Å². The fourth-order valence-electron chi connectivity index (χ4n) is 1.25. The molecule has 100 valence electrons. The normalized spacial score (nSPS) is 11.2. The Morgan fingerprint density at radius 1 is 1.33 bits per heavy atom. The third-order valence-electron chi connectivity index (χ3n) is 2.15. The number of aromatic hydroxyl groups is 1. The maximum absolute atomic E-state index is 11.8. The van der Waals surface area contributed by atoms with Crippen molar-refractivity contribution in [1.82, 2.24) is 10.0 Å². The molecule has 1 amide bonds. The Hall–Kier alpha value is -1.60. The van der Waals surface area contributed by atoms with Crippen molar-refractivity contribution in [3.05, 3.63) is 24.3 Å². The molecule has 3 N–H and O–H groups in total. The van der Waals surface area contributed by atoms with Gasteiger partial charge in [0.15, 0.2) is 0 Å². The first kappa shape index (κ1) is 14.5. The lowest BCUT2D eigenvalue weighted by Gasteiger charge is -2.08. The molecule has 1 aromatic rings. The van der Waals surface area contributed by atoms with E-state index in [1.807, 2.05) is 6.92 Å². The SMILES string of the molecule is CCCNC(=O)CNS(=O)(=O)c1ccccc1O. The van der Waals surface area contributed by atoms with Gasteiger partial charge in [0, 0.05) is 6.54 Å². The van der Waals surface area contributed by atoms with Gasteiger partial charge in [0.1, 0.15) is 10.6 Å². The van der Waals surface area contributed by atoms with Gasteiger partial charge in [-0.25, -0.2) is 13.1 Å². The number of amides is 1. The molecule has 0 aliphatic heterocycles.